The Morgan fingerprint density at radius 1 is 1.30 bits per heavy atom. The fourth-order valence-corrected chi connectivity index (χ4v) is 3.65. The highest BCUT2D eigenvalue weighted by Gasteiger charge is 2.37. The zero-order valence-corrected chi connectivity index (χ0v) is 13.6. The van der Waals surface area contributed by atoms with Gasteiger partial charge in [-0.15, -0.1) is 0 Å². The van der Waals surface area contributed by atoms with Gasteiger partial charge in [0.05, 0.1) is 5.02 Å². The summed E-state index contributed by atoms with van der Waals surface area (Å²) in [6.45, 7) is 1.81. The molecule has 0 unspecified atom stereocenters. The minimum atomic E-state index is -4.06. The smallest absolute Gasteiger partial charge is 0.275 e. The molecule has 120 valence electrons. The lowest BCUT2D eigenvalue weighted by molar-refractivity contribution is -0.126. The summed E-state index contributed by atoms with van der Waals surface area (Å²) in [5, 5.41) is 0.165. The molecule has 1 N–H and O–H groups in total. The lowest BCUT2D eigenvalue weighted by Gasteiger charge is -2.15. The van der Waals surface area contributed by atoms with Gasteiger partial charge in [0.1, 0.15) is 10.6 Å². The molecule has 0 fully saturated rings. The van der Waals surface area contributed by atoms with Crippen molar-refractivity contribution in [1.82, 2.24) is 9.71 Å². The number of hydrogen-bond acceptors (Lipinski definition) is 5. The number of hydrogen-bond donors (Lipinski definition) is 1. The molecule has 1 aliphatic heterocycles. The molecule has 0 saturated carbocycles. The van der Waals surface area contributed by atoms with Gasteiger partial charge >= 0.3 is 0 Å². The molecule has 23 heavy (non-hydrogen) atoms. The third kappa shape index (κ3) is 3.02. The molecular formula is C15H13ClN2O4S. The minimum Gasteiger partial charge on any atom is -0.480 e. The van der Waals surface area contributed by atoms with Crippen molar-refractivity contribution in [2.24, 2.45) is 0 Å². The van der Waals surface area contributed by atoms with Crippen LogP contribution in [-0.4, -0.2) is 25.4 Å². The summed E-state index contributed by atoms with van der Waals surface area (Å²) < 4.78 is 32.1. The number of aromatic nitrogens is 1. The van der Waals surface area contributed by atoms with E-state index in [9.17, 15) is 13.2 Å². The molecule has 1 aliphatic rings. The second-order valence-corrected chi connectivity index (χ2v) is 7.29. The number of rotatable bonds is 3. The Kier molecular flexibility index (Phi) is 3.99. The van der Waals surface area contributed by atoms with Crippen molar-refractivity contribution < 1.29 is 17.9 Å². The number of nitrogens with one attached hydrogen (secondary N) is 1. The number of carbonyl (C=O) groups is 1. The quantitative estimate of drug-likeness (QED) is 0.914. The fraction of sp³-hybridized carbons (Fsp3) is 0.200. The van der Waals surface area contributed by atoms with Gasteiger partial charge in [0.2, 0.25) is 0 Å². The Morgan fingerprint density at radius 3 is 2.74 bits per heavy atom. The maximum atomic E-state index is 12.3. The Bertz CT molecular complexity index is 869. The first kappa shape index (κ1) is 15.8. The van der Waals surface area contributed by atoms with Crippen LogP contribution in [0.25, 0.3) is 0 Å². The Labute approximate surface area is 138 Å². The van der Waals surface area contributed by atoms with Gasteiger partial charge in [-0.1, -0.05) is 36.7 Å². The first-order valence-corrected chi connectivity index (χ1v) is 8.67. The Hall–Kier alpha value is -2.12. The summed E-state index contributed by atoms with van der Waals surface area (Å²) in [7, 11) is -4.06. The molecule has 0 bridgehead atoms. The van der Waals surface area contributed by atoms with E-state index in [2.05, 4.69) is 4.98 Å². The topological polar surface area (TPSA) is 85.4 Å². The minimum absolute atomic E-state index is 0.165. The normalized spacial score (nSPS) is 19.7. The molecule has 0 aliphatic carbocycles. The lowest BCUT2D eigenvalue weighted by atomic mass is 9.97. The van der Waals surface area contributed by atoms with Crippen LogP contribution in [-0.2, 0) is 14.8 Å². The van der Waals surface area contributed by atoms with Gasteiger partial charge in [0.15, 0.2) is 6.10 Å². The van der Waals surface area contributed by atoms with E-state index in [1.807, 2.05) is 23.8 Å². The number of benzene rings is 1. The number of amides is 1. The van der Waals surface area contributed by atoms with Crippen LogP contribution in [0.3, 0.4) is 0 Å². The monoisotopic (exact) mass is 352 g/mol. The van der Waals surface area contributed by atoms with E-state index in [1.165, 1.54) is 12.3 Å². The highest BCUT2D eigenvalue weighted by atomic mass is 35.5. The van der Waals surface area contributed by atoms with Crippen LogP contribution in [0.4, 0.5) is 0 Å². The maximum Gasteiger partial charge on any atom is 0.275 e. The molecule has 3 rings (SSSR count). The number of nitrogens with zero attached hydrogens (tertiary/aromatic N) is 1. The van der Waals surface area contributed by atoms with Gasteiger partial charge in [0, 0.05) is 23.9 Å². The standard InChI is InChI=1S/C15H13ClN2O4S/c1-9-12-4-2-3-5-13(12)22-14(9)15(19)18-23(20,21)11-6-10(16)7-17-8-11/h2-9,14H,1H3,(H,18,19)/t9-,14+/m0/s1. The first-order valence-electron chi connectivity index (χ1n) is 6.81. The van der Waals surface area contributed by atoms with Crippen molar-refractivity contribution in [2.75, 3.05) is 0 Å². The van der Waals surface area contributed by atoms with E-state index in [1.54, 1.807) is 12.1 Å². The van der Waals surface area contributed by atoms with Gasteiger partial charge < -0.3 is 4.74 Å². The van der Waals surface area contributed by atoms with E-state index in [0.29, 0.717) is 5.75 Å². The van der Waals surface area contributed by atoms with E-state index < -0.39 is 22.0 Å². The number of pyridine rings is 1. The van der Waals surface area contributed by atoms with Gasteiger partial charge in [-0.3, -0.25) is 9.78 Å². The average Bonchev–Trinajstić information content (AvgIpc) is 2.85. The number of halogens is 1. The van der Waals surface area contributed by atoms with E-state index in [0.717, 1.165) is 11.8 Å². The SMILES string of the molecule is C[C@H]1c2ccccc2O[C@H]1C(=O)NS(=O)(=O)c1cncc(Cl)c1. The molecule has 0 spiro atoms. The summed E-state index contributed by atoms with van der Waals surface area (Å²) in [6.07, 6.45) is 1.52. The van der Waals surface area contributed by atoms with Crippen molar-refractivity contribution in [1.29, 1.82) is 0 Å². The van der Waals surface area contributed by atoms with Gasteiger partial charge in [-0.05, 0) is 12.1 Å². The average molecular weight is 353 g/mol. The second-order valence-electron chi connectivity index (χ2n) is 5.17. The molecular weight excluding hydrogens is 340 g/mol. The molecule has 0 saturated heterocycles. The summed E-state index contributed by atoms with van der Waals surface area (Å²) in [5.74, 6) is -0.394. The number of ether oxygens (including phenoxy) is 1. The predicted molar refractivity (Wildman–Crippen MR) is 83.8 cm³/mol. The first-order chi connectivity index (χ1) is 10.9. The predicted octanol–water partition coefficient (Wildman–Crippen LogP) is 2.10. The zero-order valence-electron chi connectivity index (χ0n) is 12.1. The molecule has 8 heteroatoms. The maximum absolute atomic E-state index is 12.3. The molecule has 1 amide bonds. The van der Waals surface area contributed by atoms with Gasteiger partial charge in [0.25, 0.3) is 15.9 Å². The van der Waals surface area contributed by atoms with Crippen LogP contribution >= 0.6 is 11.6 Å². The highest BCUT2D eigenvalue weighted by Crippen LogP contribution is 2.37. The van der Waals surface area contributed by atoms with Crippen molar-refractivity contribution in [3.8, 4) is 5.75 Å². The second kappa shape index (κ2) is 5.82. The van der Waals surface area contributed by atoms with E-state index >= 15 is 0 Å². The van der Waals surface area contributed by atoms with Crippen molar-refractivity contribution in [3.63, 3.8) is 0 Å². The summed E-state index contributed by atoms with van der Waals surface area (Å²) in [4.78, 5) is 15.9. The summed E-state index contributed by atoms with van der Waals surface area (Å²) >= 11 is 5.73. The van der Waals surface area contributed by atoms with Gasteiger partial charge in [-0.25, -0.2) is 13.1 Å². The van der Waals surface area contributed by atoms with Crippen molar-refractivity contribution >= 4 is 27.5 Å². The molecule has 1 aromatic heterocycles. The molecule has 6 nitrogen and oxygen atoms in total. The van der Waals surface area contributed by atoms with E-state index in [-0.39, 0.29) is 15.8 Å². The van der Waals surface area contributed by atoms with Crippen molar-refractivity contribution in [2.45, 2.75) is 23.8 Å². The number of para-hydroxylation sites is 1. The lowest BCUT2D eigenvalue weighted by Crippen LogP contribution is -2.42. The molecule has 2 heterocycles. The highest BCUT2D eigenvalue weighted by molar-refractivity contribution is 7.90. The van der Waals surface area contributed by atoms with Crippen LogP contribution < -0.4 is 9.46 Å². The van der Waals surface area contributed by atoms with E-state index in [4.69, 9.17) is 16.3 Å². The molecule has 2 aromatic rings. The summed E-state index contributed by atoms with van der Waals surface area (Å²) in [5.41, 5.74) is 0.870. The fourth-order valence-electron chi connectivity index (χ4n) is 2.44. The number of sulfonamides is 1. The van der Waals surface area contributed by atoms with Crippen LogP contribution in [0.2, 0.25) is 5.02 Å². The van der Waals surface area contributed by atoms with Crippen molar-refractivity contribution in [3.05, 3.63) is 53.3 Å². The van der Waals surface area contributed by atoms with Crippen LogP contribution in [0.15, 0.2) is 47.6 Å². The third-order valence-electron chi connectivity index (χ3n) is 3.60. The molecule has 1 aromatic carbocycles. The molecule has 0 radical (unpaired) electrons. The van der Waals surface area contributed by atoms with Crippen LogP contribution in [0.5, 0.6) is 5.75 Å². The van der Waals surface area contributed by atoms with Gasteiger partial charge in [-0.2, -0.15) is 0 Å². The van der Waals surface area contributed by atoms with Crippen LogP contribution in [0, 0.1) is 0 Å². The number of carbonyl (C=O) groups excluding carboxylic acids is 1. The Balaban J connectivity index is 1.80. The third-order valence-corrected chi connectivity index (χ3v) is 5.12. The Morgan fingerprint density at radius 2 is 2.04 bits per heavy atom. The number of fused-ring (bicyclic) bond motifs is 1. The van der Waals surface area contributed by atoms with Crippen LogP contribution in [0.1, 0.15) is 18.4 Å². The largest absolute Gasteiger partial charge is 0.480 e. The zero-order chi connectivity index (χ0) is 16.6. The molecule has 2 atom stereocenters. The summed E-state index contributed by atoms with van der Waals surface area (Å²) in [6, 6.07) is 8.45.